The number of fused-ring (bicyclic) bond motifs is 1. The van der Waals surface area contributed by atoms with Gasteiger partial charge in [-0.3, -0.25) is 24.6 Å². The predicted octanol–water partition coefficient (Wildman–Crippen LogP) is 3.79. The Morgan fingerprint density at radius 3 is 2.77 bits per heavy atom. The maximum absolute atomic E-state index is 12.6. The summed E-state index contributed by atoms with van der Waals surface area (Å²) in [6, 6.07) is 13.5. The van der Waals surface area contributed by atoms with Gasteiger partial charge < -0.3 is 5.32 Å². The first-order valence-corrected chi connectivity index (χ1v) is 10.5. The number of hydrogen-bond acceptors (Lipinski definition) is 8. The lowest BCUT2D eigenvalue weighted by atomic mass is 10.2. The van der Waals surface area contributed by atoms with E-state index in [-0.39, 0.29) is 23.7 Å². The number of amidine groups is 1. The monoisotopic (exact) mass is 441 g/mol. The number of hydrogen-bond donors (Lipinski definition) is 1. The first kappa shape index (κ1) is 20.0. The second-order valence-electron chi connectivity index (χ2n) is 6.39. The van der Waals surface area contributed by atoms with E-state index in [2.05, 4.69) is 15.3 Å². The normalized spacial score (nSPS) is 17.6. The lowest BCUT2D eigenvalue weighted by Gasteiger charge is -2.09. The topological polar surface area (TPSA) is 118 Å². The number of nitro benzene ring substituents is 1. The molecule has 0 bridgehead atoms. The number of nitro groups is 1. The number of benzene rings is 2. The quantitative estimate of drug-likeness (QED) is 0.475. The van der Waals surface area contributed by atoms with Gasteiger partial charge in [0.1, 0.15) is 10.9 Å². The first-order valence-electron chi connectivity index (χ1n) is 8.84. The molecule has 3 aromatic rings. The summed E-state index contributed by atoms with van der Waals surface area (Å²) < 4.78 is 0.995. The Bertz CT molecular complexity index is 1160. The molecule has 1 atom stereocenters. The Balaban J connectivity index is 1.47. The summed E-state index contributed by atoms with van der Waals surface area (Å²) in [4.78, 5) is 45.8. The van der Waals surface area contributed by atoms with E-state index in [0.717, 1.165) is 10.2 Å². The average molecular weight is 441 g/mol. The van der Waals surface area contributed by atoms with Gasteiger partial charge in [0.15, 0.2) is 5.17 Å². The lowest BCUT2D eigenvalue weighted by molar-refractivity contribution is -0.383. The minimum atomic E-state index is -0.661. The lowest BCUT2D eigenvalue weighted by Crippen LogP contribution is -2.30. The van der Waals surface area contributed by atoms with Crippen LogP contribution in [0.3, 0.4) is 0 Å². The molecule has 1 unspecified atom stereocenters. The molecule has 4 rings (SSSR count). The van der Waals surface area contributed by atoms with Crippen LogP contribution >= 0.6 is 23.1 Å². The zero-order chi connectivity index (χ0) is 21.3. The molecule has 2 amide bonds. The van der Waals surface area contributed by atoms with Crippen LogP contribution in [0.25, 0.3) is 10.2 Å². The molecule has 1 fully saturated rings. The van der Waals surface area contributed by atoms with Crippen molar-refractivity contribution in [2.75, 3.05) is 12.4 Å². The van der Waals surface area contributed by atoms with Gasteiger partial charge in [0.25, 0.3) is 5.69 Å². The number of anilines is 1. The third kappa shape index (κ3) is 4.02. The molecular formula is C19H15N5O4S2. The average Bonchev–Trinajstić information content (AvgIpc) is 3.24. The summed E-state index contributed by atoms with van der Waals surface area (Å²) in [6.07, 6.45) is -0.126. The molecule has 1 saturated heterocycles. The fraction of sp³-hybridized carbons (Fsp3) is 0.158. The number of amides is 2. The molecular weight excluding hydrogens is 426 g/mol. The first-order chi connectivity index (χ1) is 14.4. The summed E-state index contributed by atoms with van der Waals surface area (Å²) in [5, 5.41) is 13.9. The van der Waals surface area contributed by atoms with Gasteiger partial charge >= 0.3 is 0 Å². The Hall–Kier alpha value is -3.31. The number of thioether (sulfide) groups is 1. The van der Waals surface area contributed by atoms with E-state index in [4.69, 9.17) is 0 Å². The van der Waals surface area contributed by atoms with Gasteiger partial charge in [-0.15, -0.1) is 0 Å². The van der Waals surface area contributed by atoms with E-state index in [0.29, 0.717) is 10.3 Å². The summed E-state index contributed by atoms with van der Waals surface area (Å²) in [5.74, 6) is -0.734. The molecule has 152 valence electrons. The van der Waals surface area contributed by atoms with Crippen LogP contribution in [0.5, 0.6) is 0 Å². The molecule has 0 aliphatic carbocycles. The Kier molecular flexibility index (Phi) is 5.46. The minimum Gasteiger partial charge on any atom is -0.320 e. The van der Waals surface area contributed by atoms with Crippen molar-refractivity contribution in [3.63, 3.8) is 0 Å². The highest BCUT2D eigenvalue weighted by Gasteiger charge is 2.37. The van der Waals surface area contributed by atoms with Gasteiger partial charge in [-0.1, -0.05) is 47.4 Å². The van der Waals surface area contributed by atoms with Gasteiger partial charge in [-0.2, -0.15) is 4.99 Å². The van der Waals surface area contributed by atoms with Gasteiger partial charge in [0, 0.05) is 19.5 Å². The van der Waals surface area contributed by atoms with E-state index < -0.39 is 16.1 Å². The predicted molar refractivity (Wildman–Crippen MR) is 117 cm³/mol. The molecule has 1 aromatic heterocycles. The molecule has 2 aromatic carbocycles. The largest absolute Gasteiger partial charge is 0.320 e. The highest BCUT2D eigenvalue weighted by Crippen LogP contribution is 2.34. The highest BCUT2D eigenvalue weighted by molar-refractivity contribution is 8.15. The van der Waals surface area contributed by atoms with Crippen molar-refractivity contribution in [1.29, 1.82) is 0 Å². The van der Waals surface area contributed by atoms with Crippen molar-refractivity contribution in [3.05, 3.63) is 58.6 Å². The third-order valence-corrected chi connectivity index (χ3v) is 6.52. The molecule has 1 aliphatic heterocycles. The van der Waals surface area contributed by atoms with Gasteiger partial charge in [0.05, 0.1) is 15.1 Å². The number of rotatable bonds is 5. The molecule has 2 heterocycles. The zero-order valence-corrected chi connectivity index (χ0v) is 17.3. The van der Waals surface area contributed by atoms with E-state index in [1.165, 1.54) is 46.2 Å². The van der Waals surface area contributed by atoms with Crippen LogP contribution in [0, 0.1) is 10.1 Å². The maximum atomic E-state index is 12.6. The fourth-order valence-electron chi connectivity index (χ4n) is 2.90. The molecule has 11 heteroatoms. The van der Waals surface area contributed by atoms with Crippen molar-refractivity contribution in [3.8, 4) is 0 Å². The number of aliphatic imine (C=N–C) groups is 1. The number of carbonyl (C=O) groups excluding carboxylic acids is 2. The molecule has 9 nitrogen and oxygen atoms in total. The Morgan fingerprint density at radius 1 is 1.27 bits per heavy atom. The Morgan fingerprint density at radius 2 is 2.00 bits per heavy atom. The van der Waals surface area contributed by atoms with Crippen LogP contribution in [-0.4, -0.2) is 44.1 Å². The zero-order valence-electron chi connectivity index (χ0n) is 15.6. The number of carbonyl (C=O) groups is 2. The maximum Gasteiger partial charge on any atom is 0.292 e. The van der Waals surface area contributed by atoms with Crippen LogP contribution in [0.1, 0.15) is 6.42 Å². The second-order valence-corrected chi connectivity index (χ2v) is 8.57. The molecule has 1 aliphatic rings. The summed E-state index contributed by atoms with van der Waals surface area (Å²) in [6.45, 7) is 0. The molecule has 1 N–H and O–H groups in total. The van der Waals surface area contributed by atoms with Crippen LogP contribution in [0.4, 0.5) is 16.5 Å². The fourth-order valence-corrected chi connectivity index (χ4v) is 4.93. The smallest absolute Gasteiger partial charge is 0.292 e. The van der Waals surface area contributed by atoms with Crippen molar-refractivity contribution >= 4 is 66.8 Å². The number of thiazole rings is 1. The van der Waals surface area contributed by atoms with Crippen molar-refractivity contribution in [2.45, 2.75) is 11.7 Å². The number of nitrogens with one attached hydrogen (secondary N) is 1. The summed E-state index contributed by atoms with van der Waals surface area (Å²) >= 11 is 2.59. The van der Waals surface area contributed by atoms with E-state index in [9.17, 15) is 19.7 Å². The molecule has 0 saturated carbocycles. The van der Waals surface area contributed by atoms with Gasteiger partial charge in [-0.25, -0.2) is 4.98 Å². The van der Waals surface area contributed by atoms with Crippen molar-refractivity contribution in [2.24, 2.45) is 4.99 Å². The standard InChI is InChI=1S/C19H15N5O4S2/c1-23-17(26)15(10-16(25)20-11-6-2-4-8-13(11)24(27)28)30-19(23)22-18-21-12-7-3-5-9-14(12)29-18/h2-9,15H,10H2,1H3,(H,20,25)/b22-19+. The van der Waals surface area contributed by atoms with Crippen molar-refractivity contribution < 1.29 is 14.5 Å². The Labute approximate surface area is 179 Å². The summed E-state index contributed by atoms with van der Waals surface area (Å²) in [5.41, 5.74) is 0.727. The second kappa shape index (κ2) is 8.20. The SMILES string of the molecule is CN1C(=O)C(CC(=O)Nc2ccccc2[N+](=O)[O-])S/C1=N/c1nc2ccccc2s1. The minimum absolute atomic E-state index is 0.0969. The van der Waals surface area contributed by atoms with E-state index in [1.54, 1.807) is 13.1 Å². The van der Waals surface area contributed by atoms with Gasteiger partial charge in [-0.05, 0) is 18.2 Å². The summed E-state index contributed by atoms with van der Waals surface area (Å²) in [7, 11) is 1.60. The van der Waals surface area contributed by atoms with Crippen molar-refractivity contribution in [1.82, 2.24) is 9.88 Å². The third-order valence-electron chi connectivity index (χ3n) is 4.36. The van der Waals surface area contributed by atoms with E-state index >= 15 is 0 Å². The number of aromatic nitrogens is 1. The van der Waals surface area contributed by atoms with Crippen LogP contribution in [0.2, 0.25) is 0 Å². The highest BCUT2D eigenvalue weighted by atomic mass is 32.2. The van der Waals surface area contributed by atoms with Crippen LogP contribution < -0.4 is 5.32 Å². The number of nitrogens with zero attached hydrogens (tertiary/aromatic N) is 4. The molecule has 0 radical (unpaired) electrons. The molecule has 30 heavy (non-hydrogen) atoms. The number of para-hydroxylation sites is 3. The van der Waals surface area contributed by atoms with Gasteiger partial charge in [0.2, 0.25) is 16.9 Å². The molecule has 0 spiro atoms. The van der Waals surface area contributed by atoms with Crippen LogP contribution in [-0.2, 0) is 9.59 Å². The van der Waals surface area contributed by atoms with Crippen LogP contribution in [0.15, 0.2) is 53.5 Å². The van der Waals surface area contributed by atoms with E-state index in [1.807, 2.05) is 24.3 Å².